The lowest BCUT2D eigenvalue weighted by molar-refractivity contribution is -0.116. The summed E-state index contributed by atoms with van der Waals surface area (Å²) in [6, 6.07) is 18.6. The van der Waals surface area contributed by atoms with E-state index in [0.717, 1.165) is 23.2 Å². The van der Waals surface area contributed by atoms with Crippen LogP contribution < -0.4 is 5.32 Å². The molecule has 0 radical (unpaired) electrons. The van der Waals surface area contributed by atoms with Gasteiger partial charge in [0, 0.05) is 24.4 Å². The zero-order chi connectivity index (χ0) is 19.2. The Morgan fingerprint density at radius 3 is 2.52 bits per heavy atom. The van der Waals surface area contributed by atoms with E-state index in [2.05, 4.69) is 10.5 Å². The number of anilines is 1. The predicted octanol–water partition coefficient (Wildman–Crippen LogP) is 3.61. The van der Waals surface area contributed by atoms with Gasteiger partial charge < -0.3 is 14.7 Å². The van der Waals surface area contributed by atoms with E-state index in [1.807, 2.05) is 61.5 Å². The molecule has 0 unspecified atom stereocenters. The first-order valence-electron chi connectivity index (χ1n) is 8.74. The van der Waals surface area contributed by atoms with Crippen LogP contribution in [0.15, 0.2) is 65.2 Å². The summed E-state index contributed by atoms with van der Waals surface area (Å²) in [5.74, 6) is -0.132. The van der Waals surface area contributed by atoms with Gasteiger partial charge in [0.2, 0.25) is 5.91 Å². The van der Waals surface area contributed by atoms with Crippen molar-refractivity contribution in [3.05, 3.63) is 71.9 Å². The molecule has 0 saturated heterocycles. The maximum atomic E-state index is 12.5. The summed E-state index contributed by atoms with van der Waals surface area (Å²) in [4.78, 5) is 26.1. The summed E-state index contributed by atoms with van der Waals surface area (Å²) >= 11 is 0. The molecule has 1 aromatic heterocycles. The van der Waals surface area contributed by atoms with Gasteiger partial charge in [0.15, 0.2) is 11.5 Å². The average molecular weight is 363 g/mol. The van der Waals surface area contributed by atoms with Crippen LogP contribution in [0.25, 0.3) is 11.3 Å². The number of hydrogen-bond donors (Lipinski definition) is 1. The molecule has 0 aliphatic heterocycles. The summed E-state index contributed by atoms with van der Waals surface area (Å²) in [5.41, 5.74) is 2.81. The fourth-order valence-corrected chi connectivity index (χ4v) is 2.74. The fraction of sp³-hybridized carbons (Fsp3) is 0.190. The molecular formula is C21H21N3O3. The molecule has 27 heavy (non-hydrogen) atoms. The third kappa shape index (κ3) is 4.41. The van der Waals surface area contributed by atoms with E-state index in [4.69, 9.17) is 4.52 Å². The molecule has 6 nitrogen and oxygen atoms in total. The molecule has 3 rings (SSSR count). The first-order chi connectivity index (χ1) is 13.1. The van der Waals surface area contributed by atoms with Crippen molar-refractivity contribution in [1.82, 2.24) is 10.1 Å². The highest BCUT2D eigenvalue weighted by atomic mass is 16.5. The minimum Gasteiger partial charge on any atom is -0.355 e. The Kier molecular flexibility index (Phi) is 5.66. The van der Waals surface area contributed by atoms with Gasteiger partial charge >= 0.3 is 0 Å². The minimum absolute atomic E-state index is 0.0790. The van der Waals surface area contributed by atoms with E-state index in [9.17, 15) is 9.59 Å². The van der Waals surface area contributed by atoms with E-state index in [-0.39, 0.29) is 24.1 Å². The predicted molar refractivity (Wildman–Crippen MR) is 103 cm³/mol. The van der Waals surface area contributed by atoms with Gasteiger partial charge in [-0.05, 0) is 18.1 Å². The number of aromatic nitrogens is 1. The Labute approximate surface area is 157 Å². The van der Waals surface area contributed by atoms with Crippen molar-refractivity contribution in [3.63, 3.8) is 0 Å². The first kappa shape index (κ1) is 18.4. The molecule has 0 bridgehead atoms. The van der Waals surface area contributed by atoms with Gasteiger partial charge in [-0.3, -0.25) is 9.59 Å². The number of benzene rings is 2. The van der Waals surface area contributed by atoms with Gasteiger partial charge in [-0.15, -0.1) is 0 Å². The molecular weight excluding hydrogens is 342 g/mol. The lowest BCUT2D eigenvalue weighted by Gasteiger charge is -2.16. The monoisotopic (exact) mass is 363 g/mol. The Balaban J connectivity index is 1.64. The van der Waals surface area contributed by atoms with Crippen LogP contribution in [0.4, 0.5) is 5.69 Å². The number of para-hydroxylation sites is 1. The van der Waals surface area contributed by atoms with Crippen molar-refractivity contribution in [2.24, 2.45) is 0 Å². The maximum absolute atomic E-state index is 12.5. The smallest absolute Gasteiger partial charge is 0.276 e. The number of likely N-dealkylation sites (N-methyl/N-ethyl adjacent to an activating group) is 1. The summed E-state index contributed by atoms with van der Waals surface area (Å²) in [6.07, 6.45) is 0.812. The Bertz CT molecular complexity index is 935. The van der Waals surface area contributed by atoms with Crippen molar-refractivity contribution < 1.29 is 14.1 Å². The van der Waals surface area contributed by atoms with Crippen LogP contribution in [-0.2, 0) is 11.2 Å². The van der Waals surface area contributed by atoms with Crippen molar-refractivity contribution in [2.75, 3.05) is 18.9 Å². The summed E-state index contributed by atoms with van der Waals surface area (Å²) < 4.78 is 5.25. The second-order valence-corrected chi connectivity index (χ2v) is 6.16. The van der Waals surface area contributed by atoms with E-state index < -0.39 is 0 Å². The van der Waals surface area contributed by atoms with Crippen LogP contribution in [0.1, 0.15) is 23.0 Å². The zero-order valence-electron chi connectivity index (χ0n) is 15.3. The quantitative estimate of drug-likeness (QED) is 0.726. The molecule has 0 aliphatic carbocycles. The third-order valence-electron chi connectivity index (χ3n) is 4.19. The molecule has 1 N–H and O–H groups in total. The topological polar surface area (TPSA) is 75.4 Å². The number of aryl methyl sites for hydroxylation is 1. The van der Waals surface area contributed by atoms with Crippen molar-refractivity contribution in [1.29, 1.82) is 0 Å². The van der Waals surface area contributed by atoms with Crippen molar-refractivity contribution in [3.8, 4) is 11.3 Å². The number of nitrogens with zero attached hydrogens (tertiary/aromatic N) is 2. The molecule has 3 aromatic rings. The van der Waals surface area contributed by atoms with Crippen molar-refractivity contribution >= 4 is 17.5 Å². The molecule has 0 aliphatic rings. The number of nitrogens with one attached hydrogen (secondary N) is 1. The molecule has 0 saturated carbocycles. The van der Waals surface area contributed by atoms with E-state index >= 15 is 0 Å². The maximum Gasteiger partial charge on any atom is 0.276 e. The van der Waals surface area contributed by atoms with Crippen LogP contribution in [-0.4, -0.2) is 35.5 Å². The van der Waals surface area contributed by atoms with Crippen molar-refractivity contribution in [2.45, 2.75) is 13.3 Å². The molecule has 2 aromatic carbocycles. The second-order valence-electron chi connectivity index (χ2n) is 6.16. The lowest BCUT2D eigenvalue weighted by Crippen LogP contribution is -2.35. The molecule has 2 amide bonds. The van der Waals surface area contributed by atoms with Crippen LogP contribution in [0.3, 0.4) is 0 Å². The molecule has 6 heteroatoms. The van der Waals surface area contributed by atoms with E-state index in [1.54, 1.807) is 13.1 Å². The number of rotatable bonds is 6. The second kappa shape index (κ2) is 8.31. The Hall–Kier alpha value is -3.41. The summed E-state index contributed by atoms with van der Waals surface area (Å²) in [7, 11) is 1.56. The zero-order valence-corrected chi connectivity index (χ0v) is 15.3. The highest BCUT2D eigenvalue weighted by Crippen LogP contribution is 2.20. The van der Waals surface area contributed by atoms with E-state index in [1.165, 1.54) is 4.90 Å². The van der Waals surface area contributed by atoms with Gasteiger partial charge in [0.05, 0.1) is 6.54 Å². The normalized spacial score (nSPS) is 10.4. The van der Waals surface area contributed by atoms with E-state index in [0.29, 0.717) is 5.76 Å². The summed E-state index contributed by atoms with van der Waals surface area (Å²) in [5, 5.41) is 6.69. The number of carbonyl (C=O) groups is 2. The molecule has 1 heterocycles. The fourth-order valence-electron chi connectivity index (χ4n) is 2.74. The highest BCUT2D eigenvalue weighted by Gasteiger charge is 2.20. The van der Waals surface area contributed by atoms with Gasteiger partial charge in [-0.2, -0.15) is 0 Å². The number of carbonyl (C=O) groups excluding carboxylic acids is 2. The largest absolute Gasteiger partial charge is 0.355 e. The van der Waals surface area contributed by atoms with Gasteiger partial charge in [0.25, 0.3) is 5.91 Å². The number of hydrogen-bond acceptors (Lipinski definition) is 4. The number of amides is 2. The Morgan fingerprint density at radius 2 is 1.78 bits per heavy atom. The highest BCUT2D eigenvalue weighted by molar-refractivity contribution is 5.98. The lowest BCUT2D eigenvalue weighted by atomic mass is 10.1. The van der Waals surface area contributed by atoms with Crippen LogP contribution in [0, 0.1) is 0 Å². The van der Waals surface area contributed by atoms with Gasteiger partial charge in [-0.1, -0.05) is 60.6 Å². The first-order valence-corrected chi connectivity index (χ1v) is 8.74. The molecule has 138 valence electrons. The van der Waals surface area contributed by atoms with Gasteiger partial charge in [0.1, 0.15) is 0 Å². The van der Waals surface area contributed by atoms with Gasteiger partial charge in [-0.25, -0.2) is 0 Å². The third-order valence-corrected chi connectivity index (χ3v) is 4.19. The minimum atomic E-state index is -0.375. The van der Waals surface area contributed by atoms with Crippen LogP contribution in [0.2, 0.25) is 0 Å². The Morgan fingerprint density at radius 1 is 1.07 bits per heavy atom. The van der Waals surface area contributed by atoms with Crippen LogP contribution in [0.5, 0.6) is 0 Å². The average Bonchev–Trinajstić information content (AvgIpc) is 3.18. The standard InChI is InChI=1S/C21H21N3O3/c1-3-15-9-7-8-12-17(15)22-20(25)14-24(2)21(26)18-13-19(27-23-18)16-10-5-4-6-11-16/h4-13H,3,14H2,1-2H3,(H,22,25). The SMILES string of the molecule is CCc1ccccc1NC(=O)CN(C)C(=O)c1cc(-c2ccccc2)on1. The molecule has 0 fully saturated rings. The molecule has 0 atom stereocenters. The molecule has 0 spiro atoms. The van der Waals surface area contributed by atoms with Crippen LogP contribution >= 0.6 is 0 Å². The summed E-state index contributed by atoms with van der Waals surface area (Å²) in [6.45, 7) is 1.94.